The van der Waals surface area contributed by atoms with Crippen molar-refractivity contribution in [3.8, 4) is 11.5 Å². The Morgan fingerprint density at radius 2 is 1.21 bits per heavy atom. The summed E-state index contributed by atoms with van der Waals surface area (Å²) in [6.45, 7) is 16.4. The molecule has 2 fully saturated rings. The molecule has 0 radical (unpaired) electrons. The van der Waals surface area contributed by atoms with E-state index in [2.05, 4.69) is 61.8 Å². The Kier molecular flexibility index (Phi) is 13.1. The predicted molar refractivity (Wildman–Crippen MR) is 245 cm³/mol. The van der Waals surface area contributed by atoms with Gasteiger partial charge in [0.1, 0.15) is 30.6 Å². The van der Waals surface area contributed by atoms with Crippen LogP contribution in [0.1, 0.15) is 167 Å². The van der Waals surface area contributed by atoms with E-state index in [1.54, 1.807) is 49.5 Å². The first-order valence-electron chi connectivity index (χ1n) is 23.0. The van der Waals surface area contributed by atoms with Gasteiger partial charge in [0.15, 0.2) is 0 Å². The number of carbonyl (C=O) groups excluding carboxylic acids is 1. The van der Waals surface area contributed by atoms with Crippen LogP contribution in [0.15, 0.2) is 94.6 Å². The van der Waals surface area contributed by atoms with Gasteiger partial charge in [0.2, 0.25) is 0 Å². The zero-order chi connectivity index (χ0) is 47.7. The van der Waals surface area contributed by atoms with Crippen LogP contribution in [0.3, 0.4) is 0 Å². The van der Waals surface area contributed by atoms with Crippen molar-refractivity contribution in [1.29, 1.82) is 0 Å². The van der Waals surface area contributed by atoms with E-state index in [4.69, 9.17) is 33.6 Å². The number of esters is 1. The molecule has 4 unspecified atom stereocenters. The van der Waals surface area contributed by atoms with Gasteiger partial charge in [-0.05, 0) is 78.8 Å². The fourth-order valence-electron chi connectivity index (χ4n) is 11.0. The summed E-state index contributed by atoms with van der Waals surface area (Å²) in [6, 6.07) is 17.5. The van der Waals surface area contributed by atoms with Crippen LogP contribution in [0.4, 0.5) is 0 Å². The number of fused-ring (bicyclic) bond motifs is 10. The molecular formula is C52H60N6O9. The second-order valence-corrected chi connectivity index (χ2v) is 19.6. The molecule has 3 N–H and O–H groups in total. The molecule has 15 heteroatoms. The van der Waals surface area contributed by atoms with Gasteiger partial charge < -0.3 is 33.8 Å². The van der Waals surface area contributed by atoms with Crippen LogP contribution >= 0.6 is 0 Å². The molecule has 4 bridgehead atoms. The van der Waals surface area contributed by atoms with Gasteiger partial charge in [0.25, 0.3) is 0 Å². The second-order valence-electron chi connectivity index (χ2n) is 19.6. The van der Waals surface area contributed by atoms with Crippen LogP contribution in [0.25, 0.3) is 0 Å². The minimum Gasteiger partial charge on any atom is -0.508 e. The Balaban J connectivity index is 0.000000148. The topological polar surface area (TPSA) is 217 Å². The smallest absolute Gasteiger partial charge is 0.306 e. The third-order valence-electron chi connectivity index (χ3n) is 15.7. The number of ether oxygens (including phenoxy) is 2. The molecule has 352 valence electrons. The van der Waals surface area contributed by atoms with Gasteiger partial charge >= 0.3 is 11.9 Å². The second kappa shape index (κ2) is 18.7. The molecule has 2 saturated carbocycles. The molecule has 4 heterocycles. The normalized spacial score (nSPS) is 22.9. The van der Waals surface area contributed by atoms with Crippen LogP contribution in [-0.4, -0.2) is 64.1 Å². The minimum absolute atomic E-state index is 0.00978. The summed E-state index contributed by atoms with van der Waals surface area (Å²) >= 11 is 0. The Morgan fingerprint density at radius 1 is 0.716 bits per heavy atom. The summed E-state index contributed by atoms with van der Waals surface area (Å²) in [6.07, 6.45) is 11.4. The number of hydrogen-bond donors (Lipinski definition) is 3. The lowest BCUT2D eigenvalue weighted by Gasteiger charge is -2.33. The van der Waals surface area contributed by atoms with Crippen molar-refractivity contribution < 1.29 is 43.4 Å². The lowest BCUT2D eigenvalue weighted by atomic mass is 9.70. The van der Waals surface area contributed by atoms with E-state index in [1.807, 2.05) is 30.5 Å². The number of phenolic OH excluding ortho intramolecular Hbond substituents is 1. The van der Waals surface area contributed by atoms with Crippen molar-refractivity contribution in [2.75, 3.05) is 6.61 Å². The Bertz CT molecular complexity index is 2670. The quantitative estimate of drug-likeness (QED) is 0.0920. The molecule has 0 amide bonds. The molecule has 0 saturated heterocycles. The zero-order valence-corrected chi connectivity index (χ0v) is 39.2. The third kappa shape index (κ3) is 8.81. The van der Waals surface area contributed by atoms with E-state index in [0.717, 1.165) is 33.9 Å². The lowest BCUT2D eigenvalue weighted by Crippen LogP contribution is -2.31. The molecule has 0 aliphatic heterocycles. The molecule has 10 rings (SSSR count). The molecule has 0 spiro atoms. The predicted octanol–water partition coefficient (Wildman–Crippen LogP) is 9.43. The summed E-state index contributed by atoms with van der Waals surface area (Å²) in [4.78, 5) is 41.8. The molecular weight excluding hydrogens is 853 g/mol. The number of carbonyl (C=O) groups is 2. The number of carboxylic acid groups (broad SMARTS) is 1. The lowest BCUT2D eigenvalue weighted by molar-refractivity contribution is -0.143. The standard InChI is InChI=1S/C25H27N3O4.C14H15NO4.C13H18N2O/c1-24(2)19-8-10-25(24,3)23-22(19)27-16(13-26-23)14-31-17-6-4-15(5-7-17)18(12-21(29)30)20-9-11-32-28-20;1-2-18-14(17)9-12(13-7-8-19-15-13)10-3-5-11(16)6-4-10;1-12(2)9-4-5-13(12,3)11-10(9)15-8(7-16)6-14-11/h4-7,9,11,13,18-19H,8,10,12,14H2,1-3H3,(H,29,30);3-8,12,16H,2,9H2,1H3;6,9,16H,4-5,7H2,1-3H3/t18-,19?,25?;12-;/m00./s1. The van der Waals surface area contributed by atoms with Gasteiger partial charge in [-0.2, -0.15) is 0 Å². The van der Waals surface area contributed by atoms with E-state index in [1.165, 1.54) is 43.9 Å². The van der Waals surface area contributed by atoms with Gasteiger partial charge in [-0.3, -0.25) is 29.5 Å². The highest BCUT2D eigenvalue weighted by atomic mass is 16.5. The highest BCUT2D eigenvalue weighted by molar-refractivity contribution is 5.71. The summed E-state index contributed by atoms with van der Waals surface area (Å²) in [5.41, 5.74) is 9.84. The maximum atomic E-state index is 11.7. The van der Waals surface area contributed by atoms with Crippen molar-refractivity contribution >= 4 is 11.9 Å². The Hall–Kier alpha value is -6.48. The summed E-state index contributed by atoms with van der Waals surface area (Å²) in [5, 5.41) is 35.5. The summed E-state index contributed by atoms with van der Waals surface area (Å²) in [7, 11) is 0. The SMILES string of the molecule is CC12CCC(c3nc(CO)cnc31)C2(C)C.CC12CCC(c3nc(COc4ccc([C@H](CC(=O)O)c5ccon5)cc4)cnc31)C2(C)C.CCOC(=O)C[C@@H](c1ccc(O)cc1)c1ccon1. The van der Waals surface area contributed by atoms with Crippen LogP contribution in [-0.2, 0) is 38.4 Å². The van der Waals surface area contributed by atoms with Crippen molar-refractivity contribution in [3.63, 3.8) is 0 Å². The Labute approximate surface area is 390 Å². The largest absolute Gasteiger partial charge is 0.508 e. The van der Waals surface area contributed by atoms with Gasteiger partial charge in [0, 0.05) is 46.6 Å². The van der Waals surface area contributed by atoms with E-state index in [-0.39, 0.29) is 64.7 Å². The maximum Gasteiger partial charge on any atom is 0.306 e. The first-order chi connectivity index (χ1) is 32.0. The van der Waals surface area contributed by atoms with E-state index >= 15 is 0 Å². The number of aromatic hydroxyl groups is 1. The number of carboxylic acids is 1. The summed E-state index contributed by atoms with van der Waals surface area (Å²) in [5.74, 6) is 0.0607. The van der Waals surface area contributed by atoms with Crippen LogP contribution < -0.4 is 4.74 Å². The van der Waals surface area contributed by atoms with E-state index in [9.17, 15) is 19.8 Å². The average Bonchev–Trinajstić information content (AvgIpc) is 4.17. The molecule has 6 atom stereocenters. The van der Waals surface area contributed by atoms with Gasteiger partial charge in [-0.25, -0.2) is 0 Å². The monoisotopic (exact) mass is 912 g/mol. The molecule has 4 aliphatic carbocycles. The fraction of sp³-hybridized carbons (Fsp3) is 0.462. The number of aliphatic carboxylic acids is 1. The first kappa shape index (κ1) is 47.0. The maximum absolute atomic E-state index is 11.7. The van der Waals surface area contributed by atoms with Gasteiger partial charge in [0.05, 0.1) is 84.0 Å². The number of nitrogens with zero attached hydrogens (tertiary/aromatic N) is 6. The molecule has 67 heavy (non-hydrogen) atoms. The first-order valence-corrected chi connectivity index (χ1v) is 23.0. The number of aliphatic hydroxyl groups is 1. The average molecular weight is 913 g/mol. The van der Waals surface area contributed by atoms with Crippen molar-refractivity contribution in [3.05, 3.63) is 142 Å². The molecule has 4 aromatic heterocycles. The van der Waals surface area contributed by atoms with Gasteiger partial charge in [-0.15, -0.1) is 0 Å². The minimum atomic E-state index is -0.890. The van der Waals surface area contributed by atoms with Gasteiger partial charge in [-0.1, -0.05) is 76.1 Å². The zero-order valence-electron chi connectivity index (χ0n) is 39.2. The van der Waals surface area contributed by atoms with Crippen molar-refractivity contribution in [2.24, 2.45) is 10.8 Å². The Morgan fingerprint density at radius 3 is 1.69 bits per heavy atom. The third-order valence-corrected chi connectivity index (χ3v) is 15.7. The van der Waals surface area contributed by atoms with Crippen LogP contribution in [0.2, 0.25) is 0 Å². The number of rotatable bonds is 13. The number of aromatic nitrogens is 6. The molecule has 15 nitrogen and oxygen atoms in total. The highest BCUT2D eigenvalue weighted by Gasteiger charge is 2.62. The number of benzene rings is 2. The molecule has 4 aliphatic rings. The number of phenols is 1. The van der Waals surface area contributed by atoms with E-state index in [0.29, 0.717) is 47.9 Å². The van der Waals surface area contributed by atoms with Crippen molar-refractivity contribution in [2.45, 2.75) is 135 Å². The van der Waals surface area contributed by atoms with Crippen molar-refractivity contribution in [1.82, 2.24) is 30.2 Å². The number of aliphatic hydroxyl groups excluding tert-OH is 1. The number of hydrogen-bond acceptors (Lipinski definition) is 14. The fourth-order valence-corrected chi connectivity index (χ4v) is 11.0. The summed E-state index contributed by atoms with van der Waals surface area (Å²) < 4.78 is 20.7. The van der Waals surface area contributed by atoms with E-state index < -0.39 is 5.97 Å². The highest BCUT2D eigenvalue weighted by Crippen LogP contribution is 2.67. The van der Waals surface area contributed by atoms with Crippen LogP contribution in [0.5, 0.6) is 11.5 Å². The molecule has 6 aromatic rings. The molecule has 2 aromatic carbocycles. The van der Waals surface area contributed by atoms with Crippen LogP contribution in [0, 0.1) is 10.8 Å².